The van der Waals surface area contributed by atoms with Crippen LogP contribution in [-0.2, 0) is 21.4 Å². The molecule has 0 radical (unpaired) electrons. The fourth-order valence-corrected chi connectivity index (χ4v) is 7.32. The molecule has 4 aliphatic rings. The van der Waals surface area contributed by atoms with Crippen LogP contribution in [0.15, 0.2) is 63.1 Å². The lowest BCUT2D eigenvalue weighted by molar-refractivity contribution is -0.134. The molecule has 8 nitrogen and oxygen atoms in total. The van der Waals surface area contributed by atoms with Crippen LogP contribution in [0.3, 0.4) is 0 Å². The van der Waals surface area contributed by atoms with Gasteiger partial charge in [-0.25, -0.2) is 4.39 Å². The second kappa shape index (κ2) is 7.65. The molecule has 4 atom stereocenters. The fraction of sp³-hybridized carbons (Fsp3) is 0.320. The molecule has 2 aliphatic heterocycles. The molecule has 0 spiro atoms. The lowest BCUT2D eigenvalue weighted by atomic mass is 9.77. The highest BCUT2D eigenvalue weighted by atomic mass is 32.2. The van der Waals surface area contributed by atoms with E-state index in [4.69, 9.17) is 5.26 Å². The predicted molar refractivity (Wildman–Crippen MR) is 124 cm³/mol. The minimum atomic E-state index is -4.22. The summed E-state index contributed by atoms with van der Waals surface area (Å²) in [6.45, 7) is 0.211. The Morgan fingerprint density at radius 3 is 2.66 bits per heavy atom. The third kappa shape index (κ3) is 3.33. The quantitative estimate of drug-likeness (QED) is 0.676. The minimum Gasteiger partial charge on any atom is -0.511 e. The second-order valence-electron chi connectivity index (χ2n) is 9.53. The third-order valence-electron chi connectivity index (χ3n) is 7.64. The van der Waals surface area contributed by atoms with Gasteiger partial charge in [0, 0.05) is 18.5 Å². The second-order valence-corrected chi connectivity index (χ2v) is 11.1. The van der Waals surface area contributed by atoms with Gasteiger partial charge >= 0.3 is 0 Å². The van der Waals surface area contributed by atoms with Gasteiger partial charge < -0.3 is 15.3 Å². The van der Waals surface area contributed by atoms with Gasteiger partial charge in [0.15, 0.2) is 5.84 Å². The topological polar surface area (TPSA) is 123 Å². The van der Waals surface area contributed by atoms with Gasteiger partial charge in [-0.2, -0.15) is 13.7 Å². The summed E-state index contributed by atoms with van der Waals surface area (Å²) in [5.41, 5.74) is 0.933. The number of anilines is 1. The highest BCUT2D eigenvalue weighted by Gasteiger charge is 2.57. The van der Waals surface area contributed by atoms with E-state index in [-0.39, 0.29) is 69.5 Å². The number of benzene rings is 2. The highest BCUT2D eigenvalue weighted by molar-refractivity contribution is 7.90. The Bertz CT molecular complexity index is 1480. The van der Waals surface area contributed by atoms with Crippen LogP contribution in [0.4, 0.5) is 10.1 Å². The first-order valence-electron chi connectivity index (χ1n) is 11.4. The molecular formula is C25H21FN4O4S. The van der Waals surface area contributed by atoms with Crippen LogP contribution < -0.4 is 5.32 Å². The number of nitrogens with zero attached hydrogens (tertiary/aromatic N) is 3. The Labute approximate surface area is 201 Å². The predicted octanol–water partition coefficient (Wildman–Crippen LogP) is 3.48. The number of amides is 1. The van der Waals surface area contributed by atoms with Crippen molar-refractivity contribution >= 4 is 27.5 Å². The van der Waals surface area contributed by atoms with Crippen molar-refractivity contribution < 1.29 is 22.7 Å². The van der Waals surface area contributed by atoms with Gasteiger partial charge in [0.1, 0.15) is 22.0 Å². The van der Waals surface area contributed by atoms with E-state index >= 15 is 0 Å². The Hall–Kier alpha value is -3.71. The third-order valence-corrected chi connectivity index (χ3v) is 8.95. The number of carbonyl (C=O) groups is 1. The number of sulfonamides is 1. The number of nitrogens with one attached hydrogen (secondary N) is 1. The molecule has 2 heterocycles. The minimum absolute atomic E-state index is 0.124. The number of aliphatic hydroxyl groups is 1. The van der Waals surface area contributed by atoms with E-state index in [0.29, 0.717) is 0 Å². The molecule has 178 valence electrons. The molecule has 10 heteroatoms. The summed E-state index contributed by atoms with van der Waals surface area (Å²) < 4.78 is 43.2. The monoisotopic (exact) mass is 492 g/mol. The number of amidine groups is 1. The summed E-state index contributed by atoms with van der Waals surface area (Å²) in [6.07, 6.45) is 2.78. The molecule has 0 saturated heterocycles. The van der Waals surface area contributed by atoms with Gasteiger partial charge in [0.2, 0.25) is 0 Å². The Balaban J connectivity index is 1.44. The van der Waals surface area contributed by atoms with E-state index in [1.807, 2.05) is 6.07 Å². The SMILES string of the molecule is N#Cc1ccc2c(c1)S(=O)(=O)N=C(C1=C(O)C3C([C@@H]4CC[C@H]3C4)N(Cc3ccc(F)cc3)C1=O)N2. The van der Waals surface area contributed by atoms with Crippen molar-refractivity contribution in [3.05, 3.63) is 70.7 Å². The average molecular weight is 493 g/mol. The van der Waals surface area contributed by atoms with E-state index in [2.05, 4.69) is 9.71 Å². The van der Waals surface area contributed by atoms with Crippen LogP contribution in [-0.4, -0.2) is 36.2 Å². The largest absolute Gasteiger partial charge is 0.511 e. The molecule has 2 aliphatic carbocycles. The molecule has 2 N–H and O–H groups in total. The number of aliphatic hydroxyl groups excluding tert-OH is 1. The zero-order chi connectivity index (χ0) is 24.5. The van der Waals surface area contributed by atoms with Crippen molar-refractivity contribution in [3.63, 3.8) is 0 Å². The van der Waals surface area contributed by atoms with Crippen molar-refractivity contribution in [2.45, 2.75) is 36.7 Å². The summed E-state index contributed by atoms with van der Waals surface area (Å²) in [6, 6.07) is 11.7. The van der Waals surface area contributed by atoms with E-state index in [1.54, 1.807) is 17.0 Å². The van der Waals surface area contributed by atoms with Crippen molar-refractivity contribution in [2.24, 2.45) is 22.2 Å². The van der Waals surface area contributed by atoms with Crippen LogP contribution in [0.25, 0.3) is 0 Å². The normalized spacial score (nSPS) is 28.2. The molecule has 2 unspecified atom stereocenters. The molecule has 2 saturated carbocycles. The van der Waals surface area contributed by atoms with Gasteiger partial charge in [0.05, 0.1) is 17.3 Å². The van der Waals surface area contributed by atoms with E-state index < -0.39 is 15.9 Å². The Morgan fingerprint density at radius 2 is 1.91 bits per heavy atom. The van der Waals surface area contributed by atoms with Gasteiger partial charge in [-0.15, -0.1) is 4.40 Å². The maximum absolute atomic E-state index is 13.8. The number of fused-ring (bicyclic) bond motifs is 6. The number of rotatable bonds is 3. The summed E-state index contributed by atoms with van der Waals surface area (Å²) in [5.74, 6) is -1.12. The molecule has 6 rings (SSSR count). The number of halogens is 1. The summed E-state index contributed by atoms with van der Waals surface area (Å²) in [4.78, 5) is 15.3. The number of carbonyl (C=O) groups excluding carboxylic acids is 1. The van der Waals surface area contributed by atoms with Crippen molar-refractivity contribution in [3.8, 4) is 6.07 Å². The number of hydrogen-bond donors (Lipinski definition) is 2. The molecule has 2 aromatic rings. The molecule has 1 amide bonds. The van der Waals surface area contributed by atoms with Crippen LogP contribution in [0.1, 0.15) is 30.4 Å². The fourth-order valence-electron chi connectivity index (χ4n) is 6.17. The van der Waals surface area contributed by atoms with Crippen LogP contribution in [0.5, 0.6) is 0 Å². The van der Waals surface area contributed by atoms with Crippen LogP contribution in [0, 0.1) is 34.9 Å². The van der Waals surface area contributed by atoms with Gasteiger partial charge in [-0.05, 0) is 67.0 Å². The smallest absolute Gasteiger partial charge is 0.286 e. The van der Waals surface area contributed by atoms with Crippen molar-refractivity contribution in [1.29, 1.82) is 5.26 Å². The summed E-state index contributed by atoms with van der Waals surface area (Å²) >= 11 is 0. The Kier molecular flexibility index (Phi) is 4.76. The summed E-state index contributed by atoms with van der Waals surface area (Å²) in [5, 5.41) is 23.4. The van der Waals surface area contributed by atoms with Gasteiger partial charge in [-0.3, -0.25) is 4.79 Å². The first kappa shape index (κ1) is 21.8. The van der Waals surface area contributed by atoms with Crippen LogP contribution >= 0.6 is 0 Å². The number of nitriles is 1. The lowest BCUT2D eigenvalue weighted by Crippen LogP contribution is -2.53. The van der Waals surface area contributed by atoms with Gasteiger partial charge in [0.25, 0.3) is 15.9 Å². The maximum atomic E-state index is 13.8. The molecule has 2 aromatic carbocycles. The average Bonchev–Trinajstić information content (AvgIpc) is 3.45. The maximum Gasteiger partial charge on any atom is 0.286 e. The van der Waals surface area contributed by atoms with Crippen molar-refractivity contribution in [1.82, 2.24) is 4.90 Å². The zero-order valence-electron chi connectivity index (χ0n) is 18.5. The standard InChI is InChI=1S/C25H21FN4O4S/c26-17-6-1-13(2-7-17)12-30-22-16-5-4-15(10-16)20(22)23(31)21(25(30)32)24-28-18-8-3-14(11-27)9-19(18)35(33,34)29-24/h1-3,6-9,15-16,20,22,31H,4-5,10,12H2,(H,28,29)/t15-,16+,20?,22?/m0/s1. The van der Waals surface area contributed by atoms with Crippen molar-refractivity contribution in [2.75, 3.05) is 5.32 Å². The van der Waals surface area contributed by atoms with E-state index in [0.717, 1.165) is 24.8 Å². The zero-order valence-corrected chi connectivity index (χ0v) is 19.3. The Morgan fingerprint density at radius 1 is 1.17 bits per heavy atom. The molecular weight excluding hydrogens is 471 g/mol. The molecule has 2 bridgehead atoms. The molecule has 2 fully saturated rings. The molecule has 35 heavy (non-hydrogen) atoms. The molecule has 0 aromatic heterocycles. The first-order valence-corrected chi connectivity index (χ1v) is 12.9. The van der Waals surface area contributed by atoms with Gasteiger partial charge in [-0.1, -0.05) is 12.1 Å². The lowest BCUT2D eigenvalue weighted by Gasteiger charge is -2.44. The first-order chi connectivity index (χ1) is 16.8. The van der Waals surface area contributed by atoms with Crippen LogP contribution in [0.2, 0.25) is 0 Å². The highest BCUT2D eigenvalue weighted by Crippen LogP contribution is 2.55. The van der Waals surface area contributed by atoms with E-state index in [9.17, 15) is 22.7 Å². The number of hydrogen-bond acceptors (Lipinski definition) is 6. The summed E-state index contributed by atoms with van der Waals surface area (Å²) in [7, 11) is -4.22. The van der Waals surface area contributed by atoms with E-state index in [1.165, 1.54) is 30.3 Å².